The number of aromatic nitrogens is 1. The van der Waals surface area contributed by atoms with Crippen LogP contribution in [0.15, 0.2) is 42.7 Å². The molecule has 2 N–H and O–H groups in total. The van der Waals surface area contributed by atoms with Crippen LogP contribution in [0.2, 0.25) is 0 Å². The van der Waals surface area contributed by atoms with Gasteiger partial charge in [0, 0.05) is 18.4 Å². The predicted octanol–water partition coefficient (Wildman–Crippen LogP) is 3.97. The van der Waals surface area contributed by atoms with Gasteiger partial charge in [-0.25, -0.2) is 0 Å². The van der Waals surface area contributed by atoms with Gasteiger partial charge in [0.1, 0.15) is 0 Å². The number of rotatable bonds is 4. The molecule has 1 unspecified atom stereocenters. The lowest BCUT2D eigenvalue weighted by molar-refractivity contribution is 0.367. The number of nitrogens with one attached hydrogen (secondary N) is 2. The normalized spacial score (nSPS) is 15.9. The molecule has 1 fully saturated rings. The SMILES string of the molecule is Cc1ccc(C(NC2CCNCC2)c2cccnc2)cc1C.Cl.Cl. The van der Waals surface area contributed by atoms with Crippen molar-refractivity contribution in [2.24, 2.45) is 0 Å². The minimum atomic E-state index is 0. The molecule has 1 aliphatic rings. The Morgan fingerprint density at radius 2 is 1.79 bits per heavy atom. The Hall–Kier alpha value is -1.13. The zero-order valence-corrected chi connectivity index (χ0v) is 15.9. The summed E-state index contributed by atoms with van der Waals surface area (Å²) in [6.07, 6.45) is 6.18. The first-order valence-corrected chi connectivity index (χ1v) is 8.18. The summed E-state index contributed by atoms with van der Waals surface area (Å²) in [5.74, 6) is 0. The van der Waals surface area contributed by atoms with E-state index in [1.165, 1.54) is 35.1 Å². The molecule has 1 aromatic carbocycles. The van der Waals surface area contributed by atoms with E-state index in [1.54, 1.807) is 0 Å². The van der Waals surface area contributed by atoms with Gasteiger partial charge < -0.3 is 10.6 Å². The van der Waals surface area contributed by atoms with E-state index in [0.29, 0.717) is 6.04 Å². The number of hydrogen-bond acceptors (Lipinski definition) is 3. The molecule has 1 aliphatic heterocycles. The van der Waals surface area contributed by atoms with Crippen LogP contribution in [0.4, 0.5) is 0 Å². The van der Waals surface area contributed by atoms with Crippen molar-refractivity contribution >= 4 is 24.8 Å². The van der Waals surface area contributed by atoms with Crippen molar-refractivity contribution in [1.82, 2.24) is 15.6 Å². The molecule has 0 bridgehead atoms. The van der Waals surface area contributed by atoms with Gasteiger partial charge in [0.25, 0.3) is 0 Å². The summed E-state index contributed by atoms with van der Waals surface area (Å²) in [7, 11) is 0. The first kappa shape index (κ1) is 20.9. The molecule has 132 valence electrons. The molecule has 3 nitrogen and oxygen atoms in total. The highest BCUT2D eigenvalue weighted by atomic mass is 35.5. The third-order valence-electron chi connectivity index (χ3n) is 4.62. The molecule has 0 saturated carbocycles. The highest BCUT2D eigenvalue weighted by molar-refractivity contribution is 5.85. The Morgan fingerprint density at radius 3 is 2.42 bits per heavy atom. The van der Waals surface area contributed by atoms with Gasteiger partial charge in [0.15, 0.2) is 0 Å². The maximum atomic E-state index is 4.31. The molecule has 0 amide bonds. The van der Waals surface area contributed by atoms with Crippen molar-refractivity contribution in [2.75, 3.05) is 13.1 Å². The first-order valence-electron chi connectivity index (χ1n) is 8.18. The topological polar surface area (TPSA) is 37.0 Å². The Morgan fingerprint density at radius 1 is 1.04 bits per heavy atom. The molecule has 1 saturated heterocycles. The fraction of sp³-hybridized carbons (Fsp3) is 0.421. The Bertz CT molecular complexity index is 613. The molecule has 2 heterocycles. The highest BCUT2D eigenvalue weighted by Crippen LogP contribution is 2.25. The molecular weight excluding hydrogens is 341 g/mol. The molecule has 0 radical (unpaired) electrons. The van der Waals surface area contributed by atoms with E-state index in [1.807, 2.05) is 18.5 Å². The van der Waals surface area contributed by atoms with E-state index in [0.717, 1.165) is 13.1 Å². The molecule has 1 atom stereocenters. The quantitative estimate of drug-likeness (QED) is 0.857. The van der Waals surface area contributed by atoms with Crippen LogP contribution in [0.3, 0.4) is 0 Å². The zero-order valence-electron chi connectivity index (χ0n) is 14.3. The molecular formula is C19H27Cl2N3. The Kier molecular flexibility index (Phi) is 8.71. The van der Waals surface area contributed by atoms with Crippen molar-refractivity contribution in [3.05, 3.63) is 65.0 Å². The molecule has 0 aliphatic carbocycles. The monoisotopic (exact) mass is 367 g/mol. The summed E-state index contributed by atoms with van der Waals surface area (Å²) < 4.78 is 0. The van der Waals surface area contributed by atoms with Gasteiger partial charge in [-0.2, -0.15) is 0 Å². The maximum absolute atomic E-state index is 4.31. The van der Waals surface area contributed by atoms with Gasteiger partial charge in [-0.05, 0) is 68.1 Å². The standard InChI is InChI=1S/C19H25N3.2ClH/c1-14-5-6-16(12-15(14)2)19(17-4-3-9-21-13-17)22-18-7-10-20-11-8-18;;/h3-6,9,12-13,18-20,22H,7-8,10-11H2,1-2H3;2*1H. The van der Waals surface area contributed by atoms with Crippen LogP contribution in [0, 0.1) is 13.8 Å². The lowest BCUT2D eigenvalue weighted by Crippen LogP contribution is -2.41. The van der Waals surface area contributed by atoms with E-state index in [-0.39, 0.29) is 30.9 Å². The average Bonchev–Trinajstić information content (AvgIpc) is 2.57. The van der Waals surface area contributed by atoms with Crippen molar-refractivity contribution in [3.63, 3.8) is 0 Å². The summed E-state index contributed by atoms with van der Waals surface area (Å²) in [5, 5.41) is 7.29. The number of benzene rings is 1. The largest absolute Gasteiger partial charge is 0.317 e. The Balaban J connectivity index is 0.00000144. The van der Waals surface area contributed by atoms with E-state index in [2.05, 4.69) is 53.7 Å². The zero-order chi connectivity index (χ0) is 15.4. The third kappa shape index (κ3) is 5.18. The van der Waals surface area contributed by atoms with Crippen molar-refractivity contribution in [1.29, 1.82) is 0 Å². The van der Waals surface area contributed by atoms with Crippen molar-refractivity contribution in [3.8, 4) is 0 Å². The fourth-order valence-corrected chi connectivity index (χ4v) is 3.10. The summed E-state index contributed by atoms with van der Waals surface area (Å²) in [6, 6.07) is 11.7. The van der Waals surface area contributed by atoms with Crippen molar-refractivity contribution < 1.29 is 0 Å². The molecule has 0 spiro atoms. The van der Waals surface area contributed by atoms with Gasteiger partial charge in [-0.3, -0.25) is 4.98 Å². The second-order valence-corrected chi connectivity index (χ2v) is 6.25. The number of piperidine rings is 1. The highest BCUT2D eigenvalue weighted by Gasteiger charge is 2.20. The van der Waals surface area contributed by atoms with Gasteiger partial charge in [-0.1, -0.05) is 24.3 Å². The predicted molar refractivity (Wildman–Crippen MR) is 106 cm³/mol. The van der Waals surface area contributed by atoms with E-state index in [9.17, 15) is 0 Å². The van der Waals surface area contributed by atoms with Crippen LogP contribution < -0.4 is 10.6 Å². The number of nitrogens with zero attached hydrogens (tertiary/aromatic N) is 1. The van der Waals surface area contributed by atoms with Gasteiger partial charge in [0.2, 0.25) is 0 Å². The summed E-state index contributed by atoms with van der Waals surface area (Å²) >= 11 is 0. The second kappa shape index (κ2) is 10.00. The smallest absolute Gasteiger partial charge is 0.0594 e. The number of pyridine rings is 1. The molecule has 3 rings (SSSR count). The second-order valence-electron chi connectivity index (χ2n) is 6.25. The van der Waals surface area contributed by atoms with Crippen LogP contribution >= 0.6 is 24.8 Å². The molecule has 5 heteroatoms. The minimum absolute atomic E-state index is 0. The van der Waals surface area contributed by atoms with Crippen LogP contribution in [0.5, 0.6) is 0 Å². The van der Waals surface area contributed by atoms with Gasteiger partial charge in [0.05, 0.1) is 6.04 Å². The summed E-state index contributed by atoms with van der Waals surface area (Å²) in [5.41, 5.74) is 5.26. The molecule has 1 aromatic heterocycles. The fourth-order valence-electron chi connectivity index (χ4n) is 3.10. The lowest BCUT2D eigenvalue weighted by atomic mass is 9.94. The van der Waals surface area contributed by atoms with Gasteiger partial charge >= 0.3 is 0 Å². The van der Waals surface area contributed by atoms with Crippen LogP contribution in [-0.4, -0.2) is 24.1 Å². The van der Waals surface area contributed by atoms with Gasteiger partial charge in [-0.15, -0.1) is 24.8 Å². The summed E-state index contributed by atoms with van der Waals surface area (Å²) in [4.78, 5) is 4.31. The average molecular weight is 368 g/mol. The molecule has 24 heavy (non-hydrogen) atoms. The lowest BCUT2D eigenvalue weighted by Gasteiger charge is -2.29. The van der Waals surface area contributed by atoms with E-state index in [4.69, 9.17) is 0 Å². The molecule has 2 aromatic rings. The van der Waals surface area contributed by atoms with Crippen molar-refractivity contribution in [2.45, 2.75) is 38.8 Å². The number of halogens is 2. The minimum Gasteiger partial charge on any atom is -0.317 e. The number of hydrogen-bond donors (Lipinski definition) is 2. The van der Waals surface area contributed by atoms with E-state index < -0.39 is 0 Å². The number of aryl methyl sites for hydroxylation is 2. The maximum Gasteiger partial charge on any atom is 0.0594 e. The van der Waals surface area contributed by atoms with Crippen LogP contribution in [0.1, 0.15) is 41.1 Å². The van der Waals surface area contributed by atoms with Crippen LogP contribution in [0.25, 0.3) is 0 Å². The third-order valence-corrected chi connectivity index (χ3v) is 4.62. The Labute approximate surface area is 157 Å². The first-order chi connectivity index (χ1) is 10.7. The van der Waals surface area contributed by atoms with E-state index >= 15 is 0 Å². The summed E-state index contributed by atoms with van der Waals surface area (Å²) in [6.45, 7) is 6.55. The van der Waals surface area contributed by atoms with Crippen LogP contribution in [-0.2, 0) is 0 Å².